The summed E-state index contributed by atoms with van der Waals surface area (Å²) in [6.07, 6.45) is 6.53. The number of aromatic nitrogens is 2. The summed E-state index contributed by atoms with van der Waals surface area (Å²) in [5, 5.41) is 21.9. The van der Waals surface area contributed by atoms with Gasteiger partial charge in [0.25, 0.3) is 5.91 Å². The SMILES string of the molecule is CCn1nccc1C(=O)NC(C(=O)Nc1ccc(CC(NC(=O)O)C(=O)N2CCN(C)CC2)cc1)C1CCCCCC1. The van der Waals surface area contributed by atoms with Crippen molar-refractivity contribution in [1.29, 1.82) is 0 Å². The quantitative estimate of drug-likeness (QED) is 0.315. The second kappa shape index (κ2) is 14.8. The van der Waals surface area contributed by atoms with E-state index in [2.05, 4.69) is 25.9 Å². The molecule has 2 atom stereocenters. The standard InChI is InChI=1S/C30H43N7O5/c1-3-37-25(14-15-31-37)27(38)34-26(22-8-6-4-5-7-9-22)28(39)32-23-12-10-21(11-13-23)20-24(33-30(41)42)29(40)36-18-16-35(2)17-19-36/h10-15,22,24,26,33H,3-9,16-20H2,1-2H3,(H,32,39)(H,34,38)(H,41,42). The van der Waals surface area contributed by atoms with Crippen LogP contribution in [0.5, 0.6) is 0 Å². The summed E-state index contributed by atoms with van der Waals surface area (Å²) in [6, 6.07) is 7.09. The lowest BCUT2D eigenvalue weighted by Crippen LogP contribution is -2.54. The van der Waals surface area contributed by atoms with Crippen molar-refractivity contribution in [3.63, 3.8) is 0 Å². The Morgan fingerprint density at radius 1 is 0.952 bits per heavy atom. The van der Waals surface area contributed by atoms with Gasteiger partial charge < -0.3 is 30.9 Å². The normalized spacial score (nSPS) is 18.0. The Bertz CT molecular complexity index is 1210. The molecule has 12 heteroatoms. The largest absolute Gasteiger partial charge is 0.465 e. The Labute approximate surface area is 246 Å². The molecule has 228 valence electrons. The molecule has 42 heavy (non-hydrogen) atoms. The van der Waals surface area contributed by atoms with E-state index >= 15 is 0 Å². The second-order valence-electron chi connectivity index (χ2n) is 11.3. The van der Waals surface area contributed by atoms with Gasteiger partial charge in [0.1, 0.15) is 17.8 Å². The molecule has 1 saturated heterocycles. The summed E-state index contributed by atoms with van der Waals surface area (Å²) in [7, 11) is 1.99. The van der Waals surface area contributed by atoms with E-state index in [1.807, 2.05) is 14.0 Å². The van der Waals surface area contributed by atoms with Crippen molar-refractivity contribution >= 4 is 29.5 Å². The maximum Gasteiger partial charge on any atom is 0.405 e. The summed E-state index contributed by atoms with van der Waals surface area (Å²) in [4.78, 5) is 55.1. The third-order valence-corrected chi connectivity index (χ3v) is 8.26. The fourth-order valence-corrected chi connectivity index (χ4v) is 5.81. The highest BCUT2D eigenvalue weighted by molar-refractivity contribution is 6.00. The molecule has 0 bridgehead atoms. The summed E-state index contributed by atoms with van der Waals surface area (Å²) in [5.41, 5.74) is 1.74. The Kier molecular flexibility index (Phi) is 10.9. The number of carbonyl (C=O) groups is 4. The predicted octanol–water partition coefficient (Wildman–Crippen LogP) is 2.56. The number of carbonyl (C=O) groups excluding carboxylic acids is 3. The molecule has 0 radical (unpaired) electrons. The number of nitrogens with zero attached hydrogens (tertiary/aromatic N) is 4. The highest BCUT2D eigenvalue weighted by Gasteiger charge is 2.32. The van der Waals surface area contributed by atoms with Crippen LogP contribution in [0, 0.1) is 5.92 Å². The minimum Gasteiger partial charge on any atom is -0.465 e. The summed E-state index contributed by atoms with van der Waals surface area (Å²) in [6.45, 7) is 5.04. The first-order chi connectivity index (χ1) is 20.2. The van der Waals surface area contributed by atoms with Crippen molar-refractivity contribution in [2.24, 2.45) is 5.92 Å². The van der Waals surface area contributed by atoms with Crippen molar-refractivity contribution in [2.75, 3.05) is 38.5 Å². The van der Waals surface area contributed by atoms with Crippen LogP contribution in [0.4, 0.5) is 10.5 Å². The van der Waals surface area contributed by atoms with Crippen LogP contribution in [0.15, 0.2) is 36.5 Å². The molecular weight excluding hydrogens is 538 g/mol. The predicted molar refractivity (Wildman–Crippen MR) is 158 cm³/mol. The molecule has 2 heterocycles. The fraction of sp³-hybridized carbons (Fsp3) is 0.567. The molecule has 0 spiro atoms. The summed E-state index contributed by atoms with van der Waals surface area (Å²) < 4.78 is 1.61. The highest BCUT2D eigenvalue weighted by Crippen LogP contribution is 2.27. The van der Waals surface area contributed by atoms with E-state index in [4.69, 9.17) is 0 Å². The maximum absolute atomic E-state index is 13.6. The van der Waals surface area contributed by atoms with Gasteiger partial charge in [-0.15, -0.1) is 0 Å². The average molecular weight is 582 g/mol. The van der Waals surface area contributed by atoms with Crippen LogP contribution in [0.25, 0.3) is 0 Å². The van der Waals surface area contributed by atoms with Crippen LogP contribution in [-0.2, 0) is 22.6 Å². The lowest BCUT2D eigenvalue weighted by molar-refractivity contribution is -0.134. The lowest BCUT2D eigenvalue weighted by Gasteiger charge is -2.34. The van der Waals surface area contributed by atoms with E-state index in [-0.39, 0.29) is 30.1 Å². The number of carboxylic acid groups (broad SMARTS) is 1. The molecule has 2 fully saturated rings. The minimum atomic E-state index is -1.25. The molecule has 12 nitrogen and oxygen atoms in total. The maximum atomic E-state index is 13.6. The Hall–Kier alpha value is -3.93. The van der Waals surface area contributed by atoms with Gasteiger partial charge in [0.2, 0.25) is 11.8 Å². The number of amides is 4. The Morgan fingerprint density at radius 2 is 1.62 bits per heavy atom. The molecule has 4 amide bonds. The topological polar surface area (TPSA) is 149 Å². The first-order valence-electron chi connectivity index (χ1n) is 14.9. The molecule has 4 rings (SSSR count). The number of rotatable bonds is 10. The van der Waals surface area contributed by atoms with Crippen LogP contribution in [0.2, 0.25) is 0 Å². The van der Waals surface area contributed by atoms with E-state index in [9.17, 15) is 24.3 Å². The van der Waals surface area contributed by atoms with Gasteiger partial charge in [0.15, 0.2) is 0 Å². The zero-order valence-electron chi connectivity index (χ0n) is 24.6. The van der Waals surface area contributed by atoms with Gasteiger partial charge in [-0.3, -0.25) is 19.1 Å². The second-order valence-corrected chi connectivity index (χ2v) is 11.3. The van der Waals surface area contributed by atoms with E-state index in [1.165, 1.54) is 0 Å². The molecule has 4 N–H and O–H groups in total. The number of hydrogen-bond acceptors (Lipinski definition) is 6. The first-order valence-corrected chi connectivity index (χ1v) is 14.9. The van der Waals surface area contributed by atoms with Crippen LogP contribution >= 0.6 is 0 Å². The number of nitrogens with one attached hydrogen (secondary N) is 3. The molecule has 1 saturated carbocycles. The number of piperazine rings is 1. The third kappa shape index (κ3) is 8.31. The monoisotopic (exact) mass is 581 g/mol. The molecule has 2 aromatic rings. The van der Waals surface area contributed by atoms with Gasteiger partial charge in [-0.05, 0) is 56.5 Å². The number of aryl methyl sites for hydroxylation is 1. The zero-order valence-corrected chi connectivity index (χ0v) is 24.6. The molecule has 2 unspecified atom stereocenters. The molecular formula is C30H43N7O5. The highest BCUT2D eigenvalue weighted by atomic mass is 16.4. The molecule has 1 aliphatic heterocycles. The molecule has 1 aromatic heterocycles. The van der Waals surface area contributed by atoms with E-state index in [1.54, 1.807) is 46.1 Å². The molecule has 1 aromatic carbocycles. The van der Waals surface area contributed by atoms with Crippen molar-refractivity contribution in [1.82, 2.24) is 30.2 Å². The minimum absolute atomic E-state index is 0.0251. The van der Waals surface area contributed by atoms with Gasteiger partial charge in [-0.25, -0.2) is 4.79 Å². The summed E-state index contributed by atoms with van der Waals surface area (Å²) >= 11 is 0. The Balaban J connectivity index is 1.43. The van der Waals surface area contributed by atoms with Crippen LogP contribution < -0.4 is 16.0 Å². The number of anilines is 1. The zero-order chi connectivity index (χ0) is 30.1. The van der Waals surface area contributed by atoms with Crippen LogP contribution in [0.3, 0.4) is 0 Å². The number of likely N-dealkylation sites (N-methyl/N-ethyl adjacent to an activating group) is 1. The van der Waals surface area contributed by atoms with E-state index in [0.29, 0.717) is 31.0 Å². The van der Waals surface area contributed by atoms with Gasteiger partial charge in [0, 0.05) is 51.0 Å². The van der Waals surface area contributed by atoms with Gasteiger partial charge in [0.05, 0.1) is 0 Å². The van der Waals surface area contributed by atoms with E-state index in [0.717, 1.165) is 57.2 Å². The smallest absolute Gasteiger partial charge is 0.405 e. The van der Waals surface area contributed by atoms with Crippen LogP contribution in [0.1, 0.15) is 61.5 Å². The third-order valence-electron chi connectivity index (χ3n) is 8.26. The molecule has 1 aliphatic carbocycles. The fourth-order valence-electron chi connectivity index (χ4n) is 5.81. The number of hydrogen-bond donors (Lipinski definition) is 4. The Morgan fingerprint density at radius 3 is 2.24 bits per heavy atom. The first kappa shape index (κ1) is 31.0. The van der Waals surface area contributed by atoms with Crippen molar-refractivity contribution in [2.45, 2.75) is 70.5 Å². The van der Waals surface area contributed by atoms with Crippen molar-refractivity contribution in [3.8, 4) is 0 Å². The van der Waals surface area contributed by atoms with E-state index < -0.39 is 18.2 Å². The summed E-state index contributed by atoms with van der Waals surface area (Å²) in [5.74, 6) is -0.816. The van der Waals surface area contributed by atoms with Gasteiger partial charge in [-0.2, -0.15) is 5.10 Å². The average Bonchev–Trinajstić information content (AvgIpc) is 3.30. The lowest BCUT2D eigenvalue weighted by atomic mass is 9.91. The number of benzene rings is 1. The van der Waals surface area contributed by atoms with Gasteiger partial charge >= 0.3 is 6.09 Å². The van der Waals surface area contributed by atoms with Gasteiger partial charge in [-0.1, -0.05) is 37.8 Å². The van der Waals surface area contributed by atoms with Crippen LogP contribution in [-0.4, -0.2) is 93.8 Å². The van der Waals surface area contributed by atoms with Crippen molar-refractivity contribution < 1.29 is 24.3 Å². The molecule has 2 aliphatic rings. The van der Waals surface area contributed by atoms with Crippen molar-refractivity contribution in [3.05, 3.63) is 47.8 Å².